The highest BCUT2D eigenvalue weighted by Gasteiger charge is 2.34. The zero-order chi connectivity index (χ0) is 27.1. The largest absolute Gasteiger partial charge is 0.489 e. The van der Waals surface area contributed by atoms with Crippen LogP contribution < -0.4 is 0 Å². The van der Waals surface area contributed by atoms with E-state index in [-0.39, 0.29) is 36.3 Å². The quantitative estimate of drug-likeness (QED) is 0.124. The van der Waals surface area contributed by atoms with Crippen molar-refractivity contribution in [3.8, 4) is 0 Å². The van der Waals surface area contributed by atoms with Gasteiger partial charge in [0, 0.05) is 25.0 Å². The molecule has 0 heterocycles. The number of carbonyl (C=O) groups excluding carboxylic acids is 5. The van der Waals surface area contributed by atoms with Crippen molar-refractivity contribution in [1.82, 2.24) is 0 Å². The summed E-state index contributed by atoms with van der Waals surface area (Å²) >= 11 is 0. The van der Waals surface area contributed by atoms with E-state index in [9.17, 15) is 24.0 Å². The Bertz CT molecular complexity index is 868. The van der Waals surface area contributed by atoms with E-state index in [0.29, 0.717) is 24.0 Å². The molecule has 0 aromatic rings. The van der Waals surface area contributed by atoms with E-state index in [4.69, 9.17) is 23.7 Å². The maximum Gasteiger partial charge on any atom is 0.351 e. The van der Waals surface area contributed by atoms with Crippen molar-refractivity contribution < 1.29 is 47.7 Å². The molecule has 10 heteroatoms. The highest BCUT2D eigenvalue weighted by atomic mass is 16.6. The number of esters is 3. The third-order valence-corrected chi connectivity index (χ3v) is 5.67. The predicted octanol–water partition coefficient (Wildman–Crippen LogP) is 3.51. The Kier molecular flexibility index (Phi) is 14.1. The minimum atomic E-state index is -1.26. The average Bonchev–Trinajstić information content (AvgIpc) is 2.83. The fraction of sp³-hybridized carbons (Fsp3) is 0.654. The minimum absolute atomic E-state index is 0.0277. The van der Waals surface area contributed by atoms with Crippen LogP contribution in [0.2, 0.25) is 0 Å². The SMILES string of the molecule is COC1=C(OC)C(=O)C(CCCCCCCCCCOC(=O)C(COC(C)=O)OC(C)=O)=C(C)C1=O. The summed E-state index contributed by atoms with van der Waals surface area (Å²) < 4.78 is 24.8. The molecule has 1 aliphatic carbocycles. The smallest absolute Gasteiger partial charge is 0.351 e. The summed E-state index contributed by atoms with van der Waals surface area (Å²) in [4.78, 5) is 59.0. The molecule has 1 unspecified atom stereocenters. The van der Waals surface area contributed by atoms with E-state index in [0.717, 1.165) is 51.9 Å². The van der Waals surface area contributed by atoms with Crippen molar-refractivity contribution >= 4 is 29.5 Å². The number of allylic oxidation sites excluding steroid dienone is 2. The summed E-state index contributed by atoms with van der Waals surface area (Å²) in [6.45, 7) is 3.83. The van der Waals surface area contributed by atoms with Gasteiger partial charge in [-0.05, 0) is 26.2 Å². The van der Waals surface area contributed by atoms with Gasteiger partial charge in [-0.1, -0.05) is 38.5 Å². The van der Waals surface area contributed by atoms with E-state index in [1.807, 2.05) is 0 Å². The zero-order valence-corrected chi connectivity index (χ0v) is 21.9. The number of hydrogen-bond donors (Lipinski definition) is 0. The van der Waals surface area contributed by atoms with E-state index < -0.39 is 24.0 Å². The first kappa shape index (κ1) is 30.9. The van der Waals surface area contributed by atoms with Crippen LogP contribution in [-0.4, -0.2) is 63.0 Å². The van der Waals surface area contributed by atoms with Crippen molar-refractivity contribution in [3.05, 3.63) is 22.7 Å². The maximum absolute atomic E-state index is 12.6. The minimum Gasteiger partial charge on any atom is -0.489 e. The monoisotopic (exact) mass is 510 g/mol. The normalized spacial score (nSPS) is 14.5. The van der Waals surface area contributed by atoms with Crippen LogP contribution in [0.25, 0.3) is 0 Å². The molecule has 1 atom stereocenters. The Labute approximate surface area is 212 Å². The van der Waals surface area contributed by atoms with Gasteiger partial charge in [0.25, 0.3) is 0 Å². The van der Waals surface area contributed by atoms with Crippen molar-refractivity contribution in [3.63, 3.8) is 0 Å². The molecule has 0 saturated carbocycles. The van der Waals surface area contributed by atoms with Crippen LogP contribution in [0.15, 0.2) is 22.7 Å². The zero-order valence-electron chi connectivity index (χ0n) is 21.9. The lowest BCUT2D eigenvalue weighted by molar-refractivity contribution is -0.173. The lowest BCUT2D eigenvalue weighted by atomic mass is 9.89. The Morgan fingerprint density at radius 3 is 1.78 bits per heavy atom. The second-order valence-corrected chi connectivity index (χ2v) is 8.47. The first-order valence-corrected chi connectivity index (χ1v) is 12.2. The van der Waals surface area contributed by atoms with Crippen LogP contribution in [0.3, 0.4) is 0 Å². The molecule has 202 valence electrons. The number of methoxy groups -OCH3 is 2. The first-order chi connectivity index (χ1) is 17.1. The summed E-state index contributed by atoms with van der Waals surface area (Å²) in [5.41, 5.74) is 0.917. The van der Waals surface area contributed by atoms with Crippen LogP contribution >= 0.6 is 0 Å². The number of Topliss-reactive ketones (excluding diaryl/α,β-unsaturated/α-hetero) is 2. The fourth-order valence-electron chi connectivity index (χ4n) is 3.77. The van der Waals surface area contributed by atoms with Crippen LogP contribution in [-0.2, 0) is 47.7 Å². The Balaban J connectivity index is 2.20. The Hall–Kier alpha value is -3.17. The number of carbonyl (C=O) groups is 5. The third kappa shape index (κ3) is 10.2. The highest BCUT2D eigenvalue weighted by molar-refractivity contribution is 6.23. The van der Waals surface area contributed by atoms with Gasteiger partial charge < -0.3 is 23.7 Å². The summed E-state index contributed by atoms with van der Waals surface area (Å²) in [5, 5.41) is 0. The molecule has 0 aromatic heterocycles. The van der Waals surface area contributed by atoms with Gasteiger partial charge in [-0.25, -0.2) is 4.79 Å². The van der Waals surface area contributed by atoms with Crippen LogP contribution in [0.5, 0.6) is 0 Å². The molecule has 10 nitrogen and oxygen atoms in total. The first-order valence-electron chi connectivity index (χ1n) is 12.2. The van der Waals surface area contributed by atoms with Crippen molar-refractivity contribution in [2.45, 2.75) is 84.7 Å². The van der Waals surface area contributed by atoms with Crippen LogP contribution in [0.4, 0.5) is 0 Å². The lowest BCUT2D eigenvalue weighted by Crippen LogP contribution is -2.33. The average molecular weight is 511 g/mol. The van der Waals surface area contributed by atoms with Gasteiger partial charge in [-0.15, -0.1) is 0 Å². The molecule has 0 radical (unpaired) electrons. The van der Waals surface area contributed by atoms with E-state index in [1.54, 1.807) is 6.92 Å². The standard InChI is InChI=1S/C26H38O10/c1-17-20(23(30)25(33-5)24(32-4)22(17)29)14-12-10-8-6-7-9-11-13-15-34-26(31)21(36-19(3)28)16-35-18(2)27/h21H,6-16H2,1-5H3. The van der Waals surface area contributed by atoms with Gasteiger partial charge in [-0.3, -0.25) is 19.2 Å². The molecule has 0 spiro atoms. The van der Waals surface area contributed by atoms with E-state index >= 15 is 0 Å². The molecule has 0 bridgehead atoms. The van der Waals surface area contributed by atoms with Crippen molar-refractivity contribution in [2.24, 2.45) is 0 Å². The fourth-order valence-corrected chi connectivity index (χ4v) is 3.77. The van der Waals surface area contributed by atoms with Gasteiger partial charge in [0.15, 0.2) is 0 Å². The molecule has 0 N–H and O–H groups in total. The molecular formula is C26H38O10. The van der Waals surface area contributed by atoms with E-state index in [2.05, 4.69) is 0 Å². The highest BCUT2D eigenvalue weighted by Crippen LogP contribution is 2.28. The second-order valence-electron chi connectivity index (χ2n) is 8.47. The number of rotatable bonds is 17. The molecular weight excluding hydrogens is 472 g/mol. The predicted molar refractivity (Wildman–Crippen MR) is 128 cm³/mol. The molecule has 1 rings (SSSR count). The summed E-state index contributed by atoms with van der Waals surface area (Å²) in [6, 6.07) is 0. The van der Waals surface area contributed by atoms with Crippen molar-refractivity contribution in [1.29, 1.82) is 0 Å². The van der Waals surface area contributed by atoms with Gasteiger partial charge in [0.05, 0.1) is 20.8 Å². The Morgan fingerprint density at radius 2 is 1.25 bits per heavy atom. The topological polar surface area (TPSA) is 132 Å². The molecule has 0 fully saturated rings. The second kappa shape index (κ2) is 16.5. The van der Waals surface area contributed by atoms with Gasteiger partial charge in [0.2, 0.25) is 29.2 Å². The number of unbranched alkanes of at least 4 members (excludes halogenated alkanes) is 7. The van der Waals surface area contributed by atoms with Gasteiger partial charge in [-0.2, -0.15) is 0 Å². The maximum atomic E-state index is 12.6. The van der Waals surface area contributed by atoms with Gasteiger partial charge >= 0.3 is 17.9 Å². The van der Waals surface area contributed by atoms with E-state index in [1.165, 1.54) is 21.1 Å². The number of hydrogen-bond acceptors (Lipinski definition) is 10. The number of ketones is 2. The number of ether oxygens (including phenoxy) is 5. The van der Waals surface area contributed by atoms with Crippen LogP contribution in [0, 0.1) is 0 Å². The molecule has 1 aliphatic rings. The Morgan fingerprint density at radius 1 is 0.722 bits per heavy atom. The van der Waals surface area contributed by atoms with Crippen molar-refractivity contribution in [2.75, 3.05) is 27.4 Å². The molecule has 36 heavy (non-hydrogen) atoms. The molecule has 0 amide bonds. The van der Waals surface area contributed by atoms with Crippen LogP contribution in [0.1, 0.15) is 78.6 Å². The molecule has 0 aliphatic heterocycles. The summed E-state index contributed by atoms with van der Waals surface area (Å²) in [5.74, 6) is -2.63. The van der Waals surface area contributed by atoms with Gasteiger partial charge in [0.1, 0.15) is 6.61 Å². The lowest BCUT2D eigenvalue weighted by Gasteiger charge is -2.20. The summed E-state index contributed by atoms with van der Waals surface area (Å²) in [6.07, 6.45) is 6.64. The molecule has 0 saturated heterocycles. The molecule has 0 aromatic carbocycles. The summed E-state index contributed by atoms with van der Waals surface area (Å²) in [7, 11) is 2.70. The third-order valence-electron chi connectivity index (χ3n) is 5.67.